The van der Waals surface area contributed by atoms with Crippen molar-refractivity contribution in [2.24, 2.45) is 0 Å². The number of aromatic nitrogens is 3. The summed E-state index contributed by atoms with van der Waals surface area (Å²) in [5, 5.41) is 10.4. The Morgan fingerprint density at radius 1 is 1.26 bits per heavy atom. The number of benzene rings is 1. The molecule has 10 nitrogen and oxygen atoms in total. The predicted molar refractivity (Wildman–Crippen MR) is 147 cm³/mol. The monoisotopic (exact) mass is 555 g/mol. The quantitative estimate of drug-likeness (QED) is 0.308. The van der Waals surface area contributed by atoms with Crippen LogP contribution in [0.5, 0.6) is 5.75 Å². The Balaban J connectivity index is 1.67. The normalized spacial score (nSPS) is 17.4. The van der Waals surface area contributed by atoms with Crippen LogP contribution in [0.4, 0.5) is 0 Å². The number of rotatable bonds is 10. The van der Waals surface area contributed by atoms with Crippen LogP contribution >= 0.6 is 11.3 Å². The van der Waals surface area contributed by atoms with Crippen LogP contribution in [0, 0.1) is 6.92 Å². The Morgan fingerprint density at radius 2 is 2.08 bits per heavy atom. The molecule has 1 N–H and O–H groups in total. The van der Waals surface area contributed by atoms with Crippen molar-refractivity contribution in [1.82, 2.24) is 14.1 Å². The molecule has 1 saturated heterocycles. The first kappa shape index (κ1) is 27.3. The predicted octanol–water partition coefficient (Wildman–Crippen LogP) is 4.29. The summed E-state index contributed by atoms with van der Waals surface area (Å²) in [6.07, 6.45) is 5.73. The second kappa shape index (κ2) is 11.9. The molecule has 5 rings (SSSR count). The molecule has 3 atom stereocenters. The molecule has 0 amide bonds. The summed E-state index contributed by atoms with van der Waals surface area (Å²) in [6.45, 7) is 4.00. The lowest BCUT2D eigenvalue weighted by atomic mass is 10.0. The fourth-order valence-electron chi connectivity index (χ4n) is 5.09. The summed E-state index contributed by atoms with van der Waals surface area (Å²) in [5.41, 5.74) is 0.579. The van der Waals surface area contributed by atoms with Crippen molar-refractivity contribution in [2.75, 3.05) is 20.3 Å². The van der Waals surface area contributed by atoms with Gasteiger partial charge in [-0.1, -0.05) is 25.1 Å². The second-order valence-electron chi connectivity index (χ2n) is 9.55. The average Bonchev–Trinajstić information content (AvgIpc) is 3.60. The van der Waals surface area contributed by atoms with Crippen LogP contribution in [0.2, 0.25) is 0 Å². The maximum atomic E-state index is 13.8. The first-order valence-electron chi connectivity index (χ1n) is 13.2. The molecule has 0 aliphatic carbocycles. The summed E-state index contributed by atoms with van der Waals surface area (Å²) in [7, 11) is 1.63. The molecule has 0 bridgehead atoms. The lowest BCUT2D eigenvalue weighted by Crippen LogP contribution is -2.42. The Hall–Kier alpha value is -3.25. The molecule has 0 saturated carbocycles. The number of nitrogens with zero attached hydrogens (tertiary/aromatic N) is 3. The van der Waals surface area contributed by atoms with Crippen molar-refractivity contribution >= 4 is 21.6 Å². The average molecular weight is 556 g/mol. The highest BCUT2D eigenvalue weighted by molar-refractivity contribution is 7.18. The molecule has 1 aliphatic heterocycles. The van der Waals surface area contributed by atoms with Gasteiger partial charge in [-0.05, 0) is 44.2 Å². The first-order chi connectivity index (χ1) is 19.0. The molecule has 1 fully saturated rings. The summed E-state index contributed by atoms with van der Waals surface area (Å²) in [6, 6.07) is 7.09. The molecule has 39 heavy (non-hydrogen) atoms. The number of fused-ring (bicyclic) bond motifs is 1. The molecule has 0 radical (unpaired) electrons. The van der Waals surface area contributed by atoms with E-state index in [9.17, 15) is 14.7 Å². The number of methoxy groups -OCH3 is 1. The van der Waals surface area contributed by atoms with Crippen LogP contribution in [-0.2, 0) is 15.9 Å². The highest BCUT2D eigenvalue weighted by atomic mass is 32.1. The number of aliphatic hydroxyl groups excluding tert-OH is 1. The number of thiophene rings is 1. The summed E-state index contributed by atoms with van der Waals surface area (Å²) in [5.74, 6) is 0.699. The highest BCUT2D eigenvalue weighted by Crippen LogP contribution is 2.37. The van der Waals surface area contributed by atoms with Gasteiger partial charge in [0.25, 0.3) is 5.56 Å². The van der Waals surface area contributed by atoms with E-state index in [0.717, 1.165) is 39.8 Å². The third-order valence-electron chi connectivity index (χ3n) is 7.23. The van der Waals surface area contributed by atoms with Crippen LogP contribution in [0.15, 0.2) is 50.7 Å². The van der Waals surface area contributed by atoms with Gasteiger partial charge >= 0.3 is 11.7 Å². The molecule has 11 heteroatoms. The van der Waals surface area contributed by atoms with Gasteiger partial charge < -0.3 is 23.7 Å². The largest absolute Gasteiger partial charge is 0.496 e. The number of oxazole rings is 1. The molecule has 3 aromatic heterocycles. The lowest BCUT2D eigenvalue weighted by molar-refractivity contribution is -0.189. The third-order valence-corrected chi connectivity index (χ3v) is 8.53. The van der Waals surface area contributed by atoms with Crippen molar-refractivity contribution < 1.29 is 23.7 Å². The van der Waals surface area contributed by atoms with Crippen LogP contribution in [0.3, 0.4) is 0 Å². The third kappa shape index (κ3) is 5.19. The van der Waals surface area contributed by atoms with E-state index in [0.29, 0.717) is 35.4 Å². The molecular formula is C28H33N3O7S. The van der Waals surface area contributed by atoms with Crippen molar-refractivity contribution in [3.05, 3.63) is 73.6 Å². The highest BCUT2D eigenvalue weighted by Gasteiger charge is 2.29. The standard InChI is InChI=1S/C28H33N3O7S/c1-4-18(16-32)30-25(33)24-17(2)22(39-26(24)31(28(30)34)27-29-12-14-37-27)15-21(38-23-11-7-8-13-36-23)19-9-5-6-10-20(19)35-3/h5-6,9-10,12,14,18,21,23,32H,4,7-8,11,13,15-16H2,1-3H3/t18?,21-,23?/m1/s1. The van der Waals surface area contributed by atoms with E-state index in [4.69, 9.17) is 18.6 Å². The number of aliphatic hydroxyl groups is 1. The van der Waals surface area contributed by atoms with Gasteiger partial charge in [-0.15, -0.1) is 11.3 Å². The van der Waals surface area contributed by atoms with E-state index in [1.54, 1.807) is 7.11 Å². The van der Waals surface area contributed by atoms with Crippen LogP contribution < -0.4 is 16.0 Å². The van der Waals surface area contributed by atoms with E-state index in [1.165, 1.54) is 28.4 Å². The number of hydrogen-bond donors (Lipinski definition) is 1. The first-order valence-corrected chi connectivity index (χ1v) is 14.0. The van der Waals surface area contributed by atoms with Gasteiger partial charge in [-0.3, -0.25) is 9.36 Å². The zero-order valence-electron chi connectivity index (χ0n) is 22.3. The topological polar surface area (TPSA) is 118 Å². The van der Waals surface area contributed by atoms with Crippen molar-refractivity contribution in [2.45, 2.75) is 64.4 Å². The zero-order chi connectivity index (χ0) is 27.5. The summed E-state index contributed by atoms with van der Waals surface area (Å²) < 4.78 is 26.0. The molecule has 2 unspecified atom stereocenters. The smallest absolute Gasteiger partial charge is 0.340 e. The Kier molecular flexibility index (Phi) is 8.31. The Bertz CT molecular complexity index is 1530. The minimum Gasteiger partial charge on any atom is -0.496 e. The Morgan fingerprint density at radius 3 is 2.74 bits per heavy atom. The van der Waals surface area contributed by atoms with Crippen molar-refractivity contribution in [3.63, 3.8) is 0 Å². The van der Waals surface area contributed by atoms with Gasteiger partial charge in [-0.2, -0.15) is 0 Å². The van der Waals surface area contributed by atoms with E-state index in [2.05, 4.69) is 4.98 Å². The van der Waals surface area contributed by atoms with E-state index in [1.807, 2.05) is 38.1 Å². The minimum absolute atomic E-state index is 0.0625. The van der Waals surface area contributed by atoms with E-state index in [-0.39, 0.29) is 18.9 Å². The van der Waals surface area contributed by atoms with E-state index >= 15 is 0 Å². The van der Waals surface area contributed by atoms with Gasteiger partial charge in [0.05, 0.1) is 37.4 Å². The fraction of sp³-hybridized carbons (Fsp3) is 0.464. The van der Waals surface area contributed by atoms with Gasteiger partial charge in [0.2, 0.25) is 0 Å². The van der Waals surface area contributed by atoms with Gasteiger partial charge in [0.1, 0.15) is 16.8 Å². The molecular weight excluding hydrogens is 522 g/mol. The second-order valence-corrected chi connectivity index (χ2v) is 10.6. The summed E-state index contributed by atoms with van der Waals surface area (Å²) >= 11 is 1.34. The van der Waals surface area contributed by atoms with Crippen LogP contribution in [0.1, 0.15) is 60.8 Å². The molecule has 4 heterocycles. The maximum Gasteiger partial charge on any atom is 0.340 e. The molecule has 1 aliphatic rings. The Labute approximate surface area is 229 Å². The molecule has 208 valence electrons. The van der Waals surface area contributed by atoms with Gasteiger partial charge in [-0.25, -0.2) is 14.3 Å². The fourth-order valence-corrected chi connectivity index (χ4v) is 6.41. The zero-order valence-corrected chi connectivity index (χ0v) is 23.1. The van der Waals surface area contributed by atoms with Crippen molar-refractivity contribution in [3.8, 4) is 11.8 Å². The van der Waals surface area contributed by atoms with E-state index < -0.39 is 23.4 Å². The van der Waals surface area contributed by atoms with Gasteiger partial charge in [0, 0.05) is 23.5 Å². The lowest BCUT2D eigenvalue weighted by Gasteiger charge is -2.28. The molecule has 4 aromatic rings. The van der Waals surface area contributed by atoms with Crippen LogP contribution in [0.25, 0.3) is 16.2 Å². The molecule has 0 spiro atoms. The van der Waals surface area contributed by atoms with Crippen LogP contribution in [-0.4, -0.2) is 45.8 Å². The van der Waals surface area contributed by atoms with Crippen molar-refractivity contribution in [1.29, 1.82) is 0 Å². The molecule has 1 aromatic carbocycles. The van der Waals surface area contributed by atoms with Gasteiger partial charge in [0.15, 0.2) is 6.29 Å². The number of para-hydroxylation sites is 1. The minimum atomic E-state index is -0.675. The number of hydrogen-bond acceptors (Lipinski definition) is 9. The summed E-state index contributed by atoms with van der Waals surface area (Å²) in [4.78, 5) is 32.9. The SMILES string of the molecule is CCC(CO)n1c(=O)c2c(C)c(C[C@@H](OC3CCCCO3)c3ccccc3OC)sc2n(-c2ncco2)c1=O. The maximum absolute atomic E-state index is 13.8. The number of aryl methyl sites for hydroxylation is 1. The number of ether oxygens (including phenoxy) is 3.